The molecule has 14 rings (SSSR count). The van der Waals surface area contributed by atoms with Gasteiger partial charge < -0.3 is 8.98 Å². The minimum Gasteiger partial charge on any atom is -0.456 e. The zero-order valence-corrected chi connectivity index (χ0v) is 36.7. The number of hydrogen-bond donors (Lipinski definition) is 0. The van der Waals surface area contributed by atoms with Gasteiger partial charge in [-0.3, -0.25) is 0 Å². The van der Waals surface area contributed by atoms with Gasteiger partial charge in [0.05, 0.1) is 11.0 Å². The van der Waals surface area contributed by atoms with Gasteiger partial charge in [-0.25, -0.2) is 15.0 Å². The zero-order valence-electron chi connectivity index (χ0n) is 35.9. The summed E-state index contributed by atoms with van der Waals surface area (Å²) in [6.45, 7) is 0. The van der Waals surface area contributed by atoms with Crippen molar-refractivity contribution in [3.05, 3.63) is 218 Å². The number of fused-ring (bicyclic) bond motifs is 10. The maximum Gasteiger partial charge on any atom is 0.164 e. The highest BCUT2D eigenvalue weighted by Crippen LogP contribution is 2.44. The van der Waals surface area contributed by atoms with Gasteiger partial charge in [0.2, 0.25) is 0 Å². The molecule has 0 saturated carbocycles. The molecule has 0 amide bonds. The predicted molar refractivity (Wildman–Crippen MR) is 279 cm³/mol. The number of benzene rings is 10. The molecule has 312 valence electrons. The molecule has 0 bridgehead atoms. The average Bonchev–Trinajstić information content (AvgIpc) is 4.07. The Hall–Kier alpha value is -8.71. The first-order chi connectivity index (χ1) is 33.2. The highest BCUT2D eigenvalue weighted by molar-refractivity contribution is 7.25. The van der Waals surface area contributed by atoms with Gasteiger partial charge in [-0.05, 0) is 88.1 Å². The monoisotopic (exact) mass is 872 g/mol. The molecule has 0 aliphatic heterocycles. The van der Waals surface area contributed by atoms with E-state index in [1.54, 1.807) is 0 Å². The number of rotatable bonds is 6. The zero-order chi connectivity index (χ0) is 44.0. The van der Waals surface area contributed by atoms with Crippen molar-refractivity contribution in [2.75, 3.05) is 0 Å². The summed E-state index contributed by atoms with van der Waals surface area (Å²) in [5.74, 6) is 1.77. The molecule has 10 aromatic carbocycles. The van der Waals surface area contributed by atoms with E-state index in [9.17, 15) is 0 Å². The molecule has 0 saturated heterocycles. The van der Waals surface area contributed by atoms with Crippen LogP contribution in [0, 0.1) is 0 Å². The van der Waals surface area contributed by atoms with E-state index in [1.165, 1.54) is 52.8 Å². The van der Waals surface area contributed by atoms with E-state index in [-0.39, 0.29) is 0 Å². The van der Waals surface area contributed by atoms with Crippen molar-refractivity contribution in [1.29, 1.82) is 0 Å². The Bertz CT molecular complexity index is 4300. The Labute approximate surface area is 388 Å². The van der Waals surface area contributed by atoms with Crippen molar-refractivity contribution in [1.82, 2.24) is 19.5 Å². The molecule has 0 unspecified atom stereocenters. The van der Waals surface area contributed by atoms with Crippen molar-refractivity contribution in [3.63, 3.8) is 0 Å². The summed E-state index contributed by atoms with van der Waals surface area (Å²) in [6, 6.07) is 77.7. The molecule has 4 aromatic heterocycles. The molecule has 4 heterocycles. The number of furan rings is 1. The Morgan fingerprint density at radius 1 is 0.358 bits per heavy atom. The second kappa shape index (κ2) is 14.9. The molecule has 5 nitrogen and oxygen atoms in total. The van der Waals surface area contributed by atoms with Crippen LogP contribution in [0.1, 0.15) is 0 Å². The number of thiophene rings is 1. The lowest BCUT2D eigenvalue weighted by atomic mass is 9.95. The molecule has 0 spiro atoms. The maximum atomic E-state index is 6.32. The average molecular weight is 873 g/mol. The van der Waals surface area contributed by atoms with Gasteiger partial charge in [-0.2, -0.15) is 0 Å². The maximum absolute atomic E-state index is 6.32. The standard InChI is InChI=1S/C61H36N4OS/c1-2-14-37(15-3-1)59-62-60(64-61(63-59)43-30-31-48-47-22-6-8-27-53(47)66-54(48)36-43)42-20-11-21-44(33-42)65-52-35-39-17-5-4-16-38(39)34-51(52)49-26-12-25-46(58(49)65)41-19-10-18-40(32-41)45-24-13-29-56-57(45)50-23-7-9-28-55(50)67-56/h1-36H. The van der Waals surface area contributed by atoms with E-state index in [2.05, 4.69) is 168 Å². The first-order valence-corrected chi connectivity index (χ1v) is 23.3. The van der Waals surface area contributed by atoms with Crippen molar-refractivity contribution in [2.24, 2.45) is 0 Å². The van der Waals surface area contributed by atoms with Crippen LogP contribution in [0.2, 0.25) is 0 Å². The highest BCUT2D eigenvalue weighted by atomic mass is 32.1. The Balaban J connectivity index is 0.972. The Kier molecular flexibility index (Phi) is 8.38. The van der Waals surface area contributed by atoms with Crippen LogP contribution < -0.4 is 0 Å². The summed E-state index contributed by atoms with van der Waals surface area (Å²) in [5, 5.41) is 9.53. The summed E-state index contributed by atoms with van der Waals surface area (Å²) in [5.41, 5.74) is 12.3. The van der Waals surface area contributed by atoms with E-state index in [0.29, 0.717) is 17.5 Å². The van der Waals surface area contributed by atoms with Crippen LogP contribution in [-0.2, 0) is 0 Å². The van der Waals surface area contributed by atoms with E-state index in [1.807, 2.05) is 65.9 Å². The minimum atomic E-state index is 0.577. The largest absolute Gasteiger partial charge is 0.456 e. The van der Waals surface area contributed by atoms with Gasteiger partial charge in [0.1, 0.15) is 11.2 Å². The topological polar surface area (TPSA) is 56.7 Å². The van der Waals surface area contributed by atoms with E-state index in [0.717, 1.165) is 66.5 Å². The fourth-order valence-electron chi connectivity index (χ4n) is 10.1. The first kappa shape index (κ1) is 37.6. The number of nitrogens with zero attached hydrogens (tertiary/aromatic N) is 4. The van der Waals surface area contributed by atoms with Gasteiger partial charge >= 0.3 is 0 Å². The normalized spacial score (nSPS) is 11.9. The quantitative estimate of drug-likeness (QED) is 0.167. The van der Waals surface area contributed by atoms with Crippen molar-refractivity contribution >= 4 is 86.0 Å². The summed E-state index contributed by atoms with van der Waals surface area (Å²) in [4.78, 5) is 15.5. The van der Waals surface area contributed by atoms with Gasteiger partial charge in [0.15, 0.2) is 17.5 Å². The third-order valence-corrected chi connectivity index (χ3v) is 14.3. The molecule has 0 fully saturated rings. The summed E-state index contributed by atoms with van der Waals surface area (Å²) in [7, 11) is 0. The minimum absolute atomic E-state index is 0.577. The first-order valence-electron chi connectivity index (χ1n) is 22.5. The number of aromatic nitrogens is 4. The summed E-state index contributed by atoms with van der Waals surface area (Å²) >= 11 is 1.86. The van der Waals surface area contributed by atoms with E-state index in [4.69, 9.17) is 19.4 Å². The summed E-state index contributed by atoms with van der Waals surface area (Å²) < 4.78 is 11.4. The molecule has 0 radical (unpaired) electrons. The summed E-state index contributed by atoms with van der Waals surface area (Å²) in [6.07, 6.45) is 0. The van der Waals surface area contributed by atoms with Crippen molar-refractivity contribution in [3.8, 4) is 62.1 Å². The molecular formula is C61H36N4OS. The SMILES string of the molecule is c1ccc(-c2nc(-c3cccc(-n4c5cc6ccccc6cc5c5cccc(-c6cccc(-c7cccc8sc9ccccc9c78)c6)c54)c3)nc(-c3ccc4c(c3)oc3ccccc34)n2)cc1. The van der Waals surface area contributed by atoms with Gasteiger partial charge in [-0.1, -0.05) is 158 Å². The molecule has 14 aromatic rings. The van der Waals surface area contributed by atoms with E-state index >= 15 is 0 Å². The molecule has 0 N–H and O–H groups in total. The van der Waals surface area contributed by atoms with Crippen molar-refractivity contribution in [2.45, 2.75) is 0 Å². The molecule has 6 heteroatoms. The van der Waals surface area contributed by atoms with Crippen LogP contribution in [0.25, 0.3) is 137 Å². The lowest BCUT2D eigenvalue weighted by Crippen LogP contribution is -2.01. The fourth-order valence-corrected chi connectivity index (χ4v) is 11.3. The lowest BCUT2D eigenvalue weighted by Gasteiger charge is -2.14. The molecule has 0 aliphatic carbocycles. The Morgan fingerprint density at radius 3 is 1.82 bits per heavy atom. The van der Waals surface area contributed by atoms with Crippen LogP contribution in [0.3, 0.4) is 0 Å². The second-order valence-corrected chi connectivity index (χ2v) is 18.2. The van der Waals surface area contributed by atoms with E-state index < -0.39 is 0 Å². The number of para-hydroxylation sites is 2. The van der Waals surface area contributed by atoms with Crippen LogP contribution in [0.5, 0.6) is 0 Å². The van der Waals surface area contributed by atoms with Crippen molar-refractivity contribution < 1.29 is 4.42 Å². The third-order valence-electron chi connectivity index (χ3n) is 13.2. The predicted octanol–water partition coefficient (Wildman–Crippen LogP) is 16.7. The smallest absolute Gasteiger partial charge is 0.164 e. The van der Waals surface area contributed by atoms with Gasteiger partial charge in [-0.15, -0.1) is 11.3 Å². The molecule has 67 heavy (non-hydrogen) atoms. The van der Waals surface area contributed by atoms with Gasteiger partial charge in [0, 0.05) is 69.7 Å². The van der Waals surface area contributed by atoms with Crippen LogP contribution in [0.4, 0.5) is 0 Å². The van der Waals surface area contributed by atoms with Crippen LogP contribution in [0.15, 0.2) is 223 Å². The number of hydrogen-bond acceptors (Lipinski definition) is 5. The van der Waals surface area contributed by atoms with Crippen LogP contribution >= 0.6 is 11.3 Å². The molecule has 0 atom stereocenters. The van der Waals surface area contributed by atoms with Gasteiger partial charge in [0.25, 0.3) is 0 Å². The second-order valence-electron chi connectivity index (χ2n) is 17.1. The highest BCUT2D eigenvalue weighted by Gasteiger charge is 2.21. The third kappa shape index (κ3) is 6.11. The Morgan fingerprint density at radius 2 is 0.955 bits per heavy atom. The lowest BCUT2D eigenvalue weighted by molar-refractivity contribution is 0.669. The fraction of sp³-hybridized carbons (Fsp3) is 0. The molecule has 0 aliphatic rings. The van der Waals surface area contributed by atoms with Crippen LogP contribution in [-0.4, -0.2) is 19.5 Å². The molecular weight excluding hydrogens is 837 g/mol.